The van der Waals surface area contributed by atoms with Gasteiger partial charge in [0.25, 0.3) is 5.56 Å². The van der Waals surface area contributed by atoms with Crippen LogP contribution in [0.3, 0.4) is 0 Å². The number of aromatic nitrogens is 2. The van der Waals surface area contributed by atoms with Crippen molar-refractivity contribution in [3.8, 4) is 17.5 Å². The number of aromatic amines is 1. The zero-order chi connectivity index (χ0) is 12.4. The molecule has 0 saturated heterocycles. The van der Waals surface area contributed by atoms with Crippen molar-refractivity contribution in [3.63, 3.8) is 0 Å². The van der Waals surface area contributed by atoms with Crippen LogP contribution in [0.4, 0.5) is 4.39 Å². The Morgan fingerprint density at radius 2 is 2.24 bits per heavy atom. The molecule has 1 aromatic carbocycles. The average molecular weight is 294 g/mol. The molecule has 17 heavy (non-hydrogen) atoms. The zero-order valence-corrected chi connectivity index (χ0v) is 9.95. The molecule has 0 saturated carbocycles. The lowest BCUT2D eigenvalue weighted by molar-refractivity contribution is 0.621. The molecule has 1 N–H and O–H groups in total. The summed E-state index contributed by atoms with van der Waals surface area (Å²) in [5, 5.41) is 8.59. The van der Waals surface area contributed by atoms with E-state index in [9.17, 15) is 9.18 Å². The molecule has 0 fully saturated rings. The summed E-state index contributed by atoms with van der Waals surface area (Å²) < 4.78 is 13.3. The van der Waals surface area contributed by atoms with Crippen LogP contribution >= 0.6 is 15.9 Å². The van der Waals surface area contributed by atoms with Crippen molar-refractivity contribution in [3.05, 3.63) is 50.6 Å². The summed E-state index contributed by atoms with van der Waals surface area (Å²) >= 11 is 3.04. The summed E-state index contributed by atoms with van der Waals surface area (Å²) in [6.45, 7) is 0. The van der Waals surface area contributed by atoms with Crippen molar-refractivity contribution >= 4 is 15.9 Å². The lowest BCUT2D eigenvalue weighted by atomic mass is 10.2. The van der Waals surface area contributed by atoms with Crippen LogP contribution in [-0.2, 0) is 0 Å². The van der Waals surface area contributed by atoms with Gasteiger partial charge in [-0.2, -0.15) is 5.26 Å². The Hall–Kier alpha value is -2.00. The number of hydrogen-bond donors (Lipinski definition) is 1. The molecule has 0 spiro atoms. The molecule has 1 heterocycles. The van der Waals surface area contributed by atoms with E-state index < -0.39 is 11.4 Å². The molecule has 0 bridgehead atoms. The second-order valence-electron chi connectivity index (χ2n) is 3.22. The predicted octanol–water partition coefficient (Wildman–Crippen LogP) is 2.21. The highest BCUT2D eigenvalue weighted by Gasteiger charge is 2.06. The van der Waals surface area contributed by atoms with E-state index in [1.54, 1.807) is 6.07 Å². The van der Waals surface area contributed by atoms with Crippen molar-refractivity contribution in [2.24, 2.45) is 0 Å². The summed E-state index contributed by atoms with van der Waals surface area (Å²) in [5.74, 6) is -0.112. The number of hydrogen-bond acceptors (Lipinski definition) is 3. The van der Waals surface area contributed by atoms with Gasteiger partial charge in [-0.05, 0) is 34.1 Å². The highest BCUT2D eigenvalue weighted by molar-refractivity contribution is 9.10. The third-order valence-electron chi connectivity index (χ3n) is 2.11. The van der Waals surface area contributed by atoms with E-state index >= 15 is 0 Å². The van der Waals surface area contributed by atoms with Crippen LogP contribution in [0.1, 0.15) is 5.56 Å². The van der Waals surface area contributed by atoms with Crippen LogP contribution in [0.2, 0.25) is 0 Å². The Bertz CT molecular complexity index is 675. The van der Waals surface area contributed by atoms with Crippen LogP contribution in [0.25, 0.3) is 11.4 Å². The Kier molecular flexibility index (Phi) is 3.02. The lowest BCUT2D eigenvalue weighted by Gasteiger charge is -2.01. The lowest BCUT2D eigenvalue weighted by Crippen LogP contribution is -2.12. The molecule has 4 nitrogen and oxygen atoms in total. The quantitative estimate of drug-likeness (QED) is 0.876. The summed E-state index contributed by atoms with van der Waals surface area (Å²) in [7, 11) is 0. The number of nitrogens with one attached hydrogen (secondary N) is 1. The van der Waals surface area contributed by atoms with E-state index in [2.05, 4.69) is 25.9 Å². The molecule has 1 aromatic heterocycles. The second-order valence-corrected chi connectivity index (χ2v) is 4.07. The molecule has 2 aromatic rings. The molecule has 6 heteroatoms. The summed E-state index contributed by atoms with van der Waals surface area (Å²) in [5.41, 5.74) is -0.0206. The SMILES string of the molecule is N#Cc1cnc(-c2ccc(F)c(Br)c2)[nH]c1=O. The first-order chi connectivity index (χ1) is 8.11. The number of nitrogens with zero attached hydrogens (tertiary/aromatic N) is 2. The predicted molar refractivity (Wildman–Crippen MR) is 62.7 cm³/mol. The van der Waals surface area contributed by atoms with E-state index in [1.165, 1.54) is 24.4 Å². The van der Waals surface area contributed by atoms with Crippen LogP contribution in [0, 0.1) is 17.1 Å². The first-order valence-electron chi connectivity index (χ1n) is 4.56. The van der Waals surface area contributed by atoms with Gasteiger partial charge in [0.2, 0.25) is 0 Å². The molecular weight excluding hydrogens is 289 g/mol. The van der Waals surface area contributed by atoms with Gasteiger partial charge < -0.3 is 4.98 Å². The van der Waals surface area contributed by atoms with Crippen LogP contribution in [-0.4, -0.2) is 9.97 Å². The van der Waals surface area contributed by atoms with Gasteiger partial charge in [-0.15, -0.1) is 0 Å². The normalized spacial score (nSPS) is 9.94. The zero-order valence-electron chi connectivity index (χ0n) is 8.37. The summed E-state index contributed by atoms with van der Waals surface area (Å²) in [6, 6.07) is 5.97. The first kappa shape index (κ1) is 11.5. The van der Waals surface area contributed by atoms with Gasteiger partial charge in [0.05, 0.1) is 10.7 Å². The van der Waals surface area contributed by atoms with Gasteiger partial charge in [-0.1, -0.05) is 0 Å². The minimum Gasteiger partial charge on any atom is -0.305 e. The van der Waals surface area contributed by atoms with Crippen molar-refractivity contribution in [1.29, 1.82) is 5.26 Å². The van der Waals surface area contributed by atoms with E-state index in [-0.39, 0.29) is 15.9 Å². The average Bonchev–Trinajstić information content (AvgIpc) is 2.32. The minimum absolute atomic E-state index is 0.0603. The fourth-order valence-electron chi connectivity index (χ4n) is 1.26. The Balaban J connectivity index is 2.54. The van der Waals surface area contributed by atoms with Gasteiger partial charge in [-0.25, -0.2) is 9.37 Å². The maximum Gasteiger partial charge on any atom is 0.269 e. The number of nitriles is 1. The van der Waals surface area contributed by atoms with Crippen molar-refractivity contribution in [1.82, 2.24) is 9.97 Å². The first-order valence-corrected chi connectivity index (χ1v) is 5.36. The van der Waals surface area contributed by atoms with E-state index in [1.807, 2.05) is 0 Å². The summed E-state index contributed by atoms with van der Waals surface area (Å²) in [4.78, 5) is 17.8. The molecule has 0 radical (unpaired) electrons. The molecule has 2 rings (SSSR count). The standard InChI is InChI=1S/C11H5BrFN3O/c12-8-3-6(1-2-9(8)13)10-15-5-7(4-14)11(17)16-10/h1-3,5H,(H,15,16,17). The number of rotatable bonds is 1. The monoisotopic (exact) mass is 293 g/mol. The molecule has 0 atom stereocenters. The van der Waals surface area contributed by atoms with E-state index in [4.69, 9.17) is 5.26 Å². The van der Waals surface area contributed by atoms with E-state index in [0.717, 1.165) is 0 Å². The van der Waals surface area contributed by atoms with Crippen LogP contribution in [0.15, 0.2) is 33.7 Å². The highest BCUT2D eigenvalue weighted by atomic mass is 79.9. The van der Waals surface area contributed by atoms with Gasteiger partial charge in [0.15, 0.2) is 0 Å². The van der Waals surface area contributed by atoms with Crippen molar-refractivity contribution in [2.75, 3.05) is 0 Å². The molecule has 0 aliphatic heterocycles. The van der Waals surface area contributed by atoms with Crippen molar-refractivity contribution in [2.45, 2.75) is 0 Å². The Morgan fingerprint density at radius 3 is 2.82 bits per heavy atom. The minimum atomic E-state index is -0.516. The largest absolute Gasteiger partial charge is 0.305 e. The van der Waals surface area contributed by atoms with Crippen molar-refractivity contribution < 1.29 is 4.39 Å². The molecule has 0 aliphatic rings. The third kappa shape index (κ3) is 2.24. The number of halogens is 2. The Morgan fingerprint density at radius 1 is 1.47 bits per heavy atom. The topological polar surface area (TPSA) is 69.5 Å². The Labute approximate surface area is 104 Å². The fraction of sp³-hybridized carbons (Fsp3) is 0. The number of H-pyrrole nitrogens is 1. The smallest absolute Gasteiger partial charge is 0.269 e. The van der Waals surface area contributed by atoms with Gasteiger partial charge in [-0.3, -0.25) is 4.79 Å². The summed E-state index contributed by atoms with van der Waals surface area (Å²) in [6.07, 6.45) is 1.19. The fourth-order valence-corrected chi connectivity index (χ4v) is 1.64. The molecule has 0 unspecified atom stereocenters. The van der Waals surface area contributed by atoms with Gasteiger partial charge >= 0.3 is 0 Å². The maximum atomic E-state index is 13.0. The van der Waals surface area contributed by atoms with Crippen LogP contribution < -0.4 is 5.56 Å². The number of benzene rings is 1. The molecule has 0 aliphatic carbocycles. The third-order valence-corrected chi connectivity index (χ3v) is 2.72. The van der Waals surface area contributed by atoms with Gasteiger partial charge in [0, 0.05) is 5.56 Å². The molecular formula is C11H5BrFN3O. The van der Waals surface area contributed by atoms with Crippen LogP contribution in [0.5, 0.6) is 0 Å². The highest BCUT2D eigenvalue weighted by Crippen LogP contribution is 2.21. The van der Waals surface area contributed by atoms with Gasteiger partial charge in [0.1, 0.15) is 23.3 Å². The second kappa shape index (κ2) is 4.47. The maximum absolute atomic E-state index is 13.0. The molecule has 0 amide bonds. The molecule has 84 valence electrons. The van der Waals surface area contributed by atoms with E-state index in [0.29, 0.717) is 5.56 Å².